The predicted octanol–water partition coefficient (Wildman–Crippen LogP) is 1.95. The van der Waals surface area contributed by atoms with Gasteiger partial charge in [0.15, 0.2) is 6.29 Å². The van der Waals surface area contributed by atoms with Crippen molar-refractivity contribution in [1.29, 1.82) is 0 Å². The molecule has 1 aromatic heterocycles. The molecule has 0 saturated carbocycles. The van der Waals surface area contributed by atoms with E-state index in [4.69, 9.17) is 5.53 Å². The number of rotatable bonds is 3. The summed E-state index contributed by atoms with van der Waals surface area (Å²) in [5, 5.41) is 3.35. The van der Waals surface area contributed by atoms with Crippen molar-refractivity contribution < 1.29 is 4.79 Å². The summed E-state index contributed by atoms with van der Waals surface area (Å²) in [5.41, 5.74) is 9.13. The number of carbonyl (C=O) groups excluding carboxylic acids is 1. The summed E-state index contributed by atoms with van der Waals surface area (Å²) in [4.78, 5) is 16.8. The molecular formula is C10H8N4O. The van der Waals surface area contributed by atoms with Crippen LogP contribution in [0.5, 0.6) is 0 Å². The highest BCUT2D eigenvalue weighted by molar-refractivity contribution is 5.71. The van der Waals surface area contributed by atoms with Crippen molar-refractivity contribution in [3.05, 3.63) is 40.0 Å². The Morgan fingerprint density at radius 1 is 1.60 bits per heavy atom. The minimum Gasteiger partial charge on any atom is -0.296 e. The first-order valence-corrected chi connectivity index (χ1v) is 4.28. The van der Waals surface area contributed by atoms with Crippen molar-refractivity contribution in [2.75, 3.05) is 6.54 Å². The van der Waals surface area contributed by atoms with Gasteiger partial charge in [0.2, 0.25) is 0 Å². The lowest BCUT2D eigenvalue weighted by atomic mass is 10.2. The fraction of sp³-hybridized carbons (Fsp3) is 0.200. The number of carbonyl (C=O) groups is 1. The van der Waals surface area contributed by atoms with E-state index in [1.165, 1.54) is 6.20 Å². The molecular weight excluding hydrogens is 192 g/mol. The number of hydrogen-bond donors (Lipinski definition) is 0. The maximum atomic E-state index is 10.3. The number of azide groups is 1. The van der Waals surface area contributed by atoms with Crippen LogP contribution >= 0.6 is 0 Å². The van der Waals surface area contributed by atoms with Crippen LogP contribution < -0.4 is 0 Å². The molecule has 1 heterocycles. The van der Waals surface area contributed by atoms with Crippen LogP contribution in [0.2, 0.25) is 0 Å². The maximum absolute atomic E-state index is 10.3. The molecule has 0 radical (unpaired) electrons. The fourth-order valence-electron chi connectivity index (χ4n) is 0.864. The molecule has 0 spiro atoms. The number of aldehydes is 1. The zero-order valence-electron chi connectivity index (χ0n) is 7.92. The van der Waals surface area contributed by atoms with Crippen LogP contribution in [0, 0.1) is 11.8 Å². The number of nitrogens with zero attached hydrogens (tertiary/aromatic N) is 4. The first-order valence-electron chi connectivity index (χ1n) is 4.28. The van der Waals surface area contributed by atoms with Crippen LogP contribution in [0.25, 0.3) is 10.4 Å². The Kier molecular flexibility index (Phi) is 4.44. The zero-order chi connectivity index (χ0) is 10.9. The molecule has 74 valence electrons. The fourth-order valence-corrected chi connectivity index (χ4v) is 0.864. The van der Waals surface area contributed by atoms with Gasteiger partial charge in [-0.05, 0) is 17.7 Å². The molecule has 0 fully saturated rings. The highest BCUT2D eigenvalue weighted by atomic mass is 16.1. The second-order valence-corrected chi connectivity index (χ2v) is 2.60. The third-order valence-corrected chi connectivity index (χ3v) is 1.54. The first kappa shape index (κ1) is 10.8. The molecule has 0 aromatic carbocycles. The molecule has 15 heavy (non-hydrogen) atoms. The van der Waals surface area contributed by atoms with Gasteiger partial charge >= 0.3 is 0 Å². The molecule has 1 aromatic rings. The molecule has 5 nitrogen and oxygen atoms in total. The van der Waals surface area contributed by atoms with E-state index in [1.54, 1.807) is 12.1 Å². The van der Waals surface area contributed by atoms with Crippen LogP contribution in [0.15, 0.2) is 23.4 Å². The Balaban J connectivity index is 2.56. The van der Waals surface area contributed by atoms with Gasteiger partial charge < -0.3 is 0 Å². The highest BCUT2D eigenvalue weighted by Crippen LogP contribution is 1.96. The minimum absolute atomic E-state index is 0.364. The summed E-state index contributed by atoms with van der Waals surface area (Å²) in [6.07, 6.45) is 2.72. The van der Waals surface area contributed by atoms with Crippen molar-refractivity contribution in [2.24, 2.45) is 5.11 Å². The Hall–Kier alpha value is -2.31. The van der Waals surface area contributed by atoms with Crippen LogP contribution in [0.4, 0.5) is 0 Å². The van der Waals surface area contributed by atoms with Crippen LogP contribution in [0.3, 0.4) is 0 Å². The van der Waals surface area contributed by atoms with Gasteiger partial charge in [-0.1, -0.05) is 17.0 Å². The third-order valence-electron chi connectivity index (χ3n) is 1.54. The lowest BCUT2D eigenvalue weighted by Crippen LogP contribution is -1.86. The quantitative estimate of drug-likeness (QED) is 0.187. The van der Waals surface area contributed by atoms with Crippen molar-refractivity contribution >= 4 is 6.29 Å². The van der Waals surface area contributed by atoms with E-state index < -0.39 is 0 Å². The summed E-state index contributed by atoms with van der Waals surface area (Å²) in [6, 6.07) is 3.32. The van der Waals surface area contributed by atoms with E-state index in [0.717, 1.165) is 5.56 Å². The lowest BCUT2D eigenvalue weighted by Gasteiger charge is -1.89. The topological polar surface area (TPSA) is 78.7 Å². The van der Waals surface area contributed by atoms with Gasteiger partial charge in [-0.2, -0.15) is 0 Å². The van der Waals surface area contributed by atoms with Crippen molar-refractivity contribution in [3.8, 4) is 11.8 Å². The molecule has 0 unspecified atom stereocenters. The molecule has 0 saturated heterocycles. The van der Waals surface area contributed by atoms with Gasteiger partial charge in [0.05, 0.1) is 0 Å². The Morgan fingerprint density at radius 3 is 3.07 bits per heavy atom. The summed E-state index contributed by atoms with van der Waals surface area (Å²) in [5.74, 6) is 5.67. The highest BCUT2D eigenvalue weighted by Gasteiger charge is 1.90. The Bertz CT molecular complexity index is 435. The molecule has 0 N–H and O–H groups in total. The molecule has 0 aliphatic rings. The molecule has 5 heteroatoms. The lowest BCUT2D eigenvalue weighted by molar-refractivity contribution is 0.111. The molecule has 0 aliphatic heterocycles. The van der Waals surface area contributed by atoms with Gasteiger partial charge in [0, 0.05) is 29.6 Å². The monoisotopic (exact) mass is 200 g/mol. The number of hydrogen-bond acceptors (Lipinski definition) is 3. The van der Waals surface area contributed by atoms with Gasteiger partial charge in [0.1, 0.15) is 5.69 Å². The average Bonchev–Trinajstić information content (AvgIpc) is 2.30. The van der Waals surface area contributed by atoms with Crippen LogP contribution in [0.1, 0.15) is 22.5 Å². The first-order chi connectivity index (χ1) is 7.36. The van der Waals surface area contributed by atoms with E-state index >= 15 is 0 Å². The smallest absolute Gasteiger partial charge is 0.168 e. The van der Waals surface area contributed by atoms with Crippen LogP contribution in [-0.2, 0) is 0 Å². The van der Waals surface area contributed by atoms with Crippen molar-refractivity contribution in [2.45, 2.75) is 6.42 Å². The van der Waals surface area contributed by atoms with Crippen molar-refractivity contribution in [1.82, 2.24) is 4.98 Å². The normalized spacial score (nSPS) is 8.27. The van der Waals surface area contributed by atoms with E-state index in [9.17, 15) is 4.79 Å². The van der Waals surface area contributed by atoms with Gasteiger partial charge in [0.25, 0.3) is 0 Å². The van der Waals surface area contributed by atoms with Gasteiger partial charge in [-0.25, -0.2) is 0 Å². The Morgan fingerprint density at radius 2 is 2.47 bits per heavy atom. The zero-order valence-corrected chi connectivity index (χ0v) is 7.92. The standard InChI is InChI=1S/C10H8N4O/c11-14-13-6-2-1-3-9-4-5-10(8-15)12-7-9/h4-5,7-8H,2,6H2. The van der Waals surface area contributed by atoms with E-state index in [1.807, 2.05) is 0 Å². The number of pyridine rings is 1. The molecule has 0 atom stereocenters. The molecule has 0 amide bonds. The average molecular weight is 200 g/mol. The van der Waals surface area contributed by atoms with E-state index in [2.05, 4.69) is 26.9 Å². The van der Waals surface area contributed by atoms with Gasteiger partial charge in [-0.3, -0.25) is 9.78 Å². The second kappa shape index (κ2) is 6.19. The predicted molar refractivity (Wildman–Crippen MR) is 55.1 cm³/mol. The van der Waals surface area contributed by atoms with E-state index in [0.29, 0.717) is 24.9 Å². The SMILES string of the molecule is [N-]=[N+]=NCCC#Cc1ccc(C=O)nc1. The summed E-state index contributed by atoms with van der Waals surface area (Å²) < 4.78 is 0. The minimum atomic E-state index is 0.364. The largest absolute Gasteiger partial charge is 0.296 e. The second-order valence-electron chi connectivity index (χ2n) is 2.60. The van der Waals surface area contributed by atoms with Crippen molar-refractivity contribution in [3.63, 3.8) is 0 Å². The molecule has 0 aliphatic carbocycles. The summed E-state index contributed by atoms with van der Waals surface area (Å²) in [7, 11) is 0. The third kappa shape index (κ3) is 3.94. The van der Waals surface area contributed by atoms with Crippen LogP contribution in [-0.4, -0.2) is 17.8 Å². The summed E-state index contributed by atoms with van der Waals surface area (Å²) in [6.45, 7) is 0.364. The van der Waals surface area contributed by atoms with E-state index in [-0.39, 0.29) is 0 Å². The number of aromatic nitrogens is 1. The maximum Gasteiger partial charge on any atom is 0.168 e. The molecule has 1 rings (SSSR count). The Labute approximate surface area is 86.8 Å². The molecule has 0 bridgehead atoms. The van der Waals surface area contributed by atoms with Gasteiger partial charge in [-0.15, -0.1) is 0 Å². The summed E-state index contributed by atoms with van der Waals surface area (Å²) >= 11 is 0.